The zero-order valence-corrected chi connectivity index (χ0v) is 10.1. The Labute approximate surface area is 101 Å². The zero-order valence-electron chi connectivity index (χ0n) is 10.1. The predicted octanol–water partition coefficient (Wildman–Crippen LogP) is 2.77. The quantitative estimate of drug-likeness (QED) is 0.852. The van der Waals surface area contributed by atoms with Gasteiger partial charge in [0.2, 0.25) is 0 Å². The summed E-state index contributed by atoms with van der Waals surface area (Å²) in [5, 5.41) is 9.14. The molecule has 17 heavy (non-hydrogen) atoms. The van der Waals surface area contributed by atoms with Crippen LogP contribution in [0.4, 0.5) is 0 Å². The molecule has 0 amide bonds. The first-order valence-corrected chi connectivity index (χ1v) is 5.99. The van der Waals surface area contributed by atoms with E-state index in [2.05, 4.69) is 0 Å². The number of carbonyl (C=O) groups is 1. The Bertz CT molecular complexity index is 390. The van der Waals surface area contributed by atoms with Gasteiger partial charge < -0.3 is 9.84 Å². The van der Waals surface area contributed by atoms with Crippen molar-refractivity contribution in [2.45, 2.75) is 32.8 Å². The van der Waals surface area contributed by atoms with Crippen molar-refractivity contribution in [1.29, 1.82) is 0 Å². The van der Waals surface area contributed by atoms with Crippen LogP contribution >= 0.6 is 0 Å². The highest BCUT2D eigenvalue weighted by Crippen LogP contribution is 2.41. The number of ether oxygens (including phenoxy) is 1. The minimum absolute atomic E-state index is 0.330. The average Bonchev–Trinajstić information content (AvgIpc) is 2.24. The molecule has 0 spiro atoms. The Morgan fingerprint density at radius 3 is 2.47 bits per heavy atom. The molecule has 0 bridgehead atoms. The molecular formula is C14H18O3. The molecule has 0 aliphatic heterocycles. The van der Waals surface area contributed by atoms with Crippen molar-refractivity contribution in [1.82, 2.24) is 0 Å². The van der Waals surface area contributed by atoms with E-state index >= 15 is 0 Å². The van der Waals surface area contributed by atoms with Crippen molar-refractivity contribution in [3.8, 4) is 0 Å². The molecule has 1 fully saturated rings. The molecule has 3 heteroatoms. The van der Waals surface area contributed by atoms with Gasteiger partial charge in [-0.15, -0.1) is 0 Å². The maximum absolute atomic E-state index is 11.1. The summed E-state index contributed by atoms with van der Waals surface area (Å²) in [6.45, 7) is 2.87. The fourth-order valence-electron chi connectivity index (χ4n) is 2.07. The van der Waals surface area contributed by atoms with Crippen LogP contribution in [0.1, 0.15) is 30.4 Å². The first-order chi connectivity index (χ1) is 8.12. The van der Waals surface area contributed by atoms with Crippen LogP contribution in [0.5, 0.6) is 0 Å². The molecule has 0 atom stereocenters. The number of benzene rings is 1. The maximum atomic E-state index is 11.1. The Morgan fingerprint density at radius 1 is 1.35 bits per heavy atom. The molecule has 0 unspecified atom stereocenters. The van der Waals surface area contributed by atoms with E-state index in [9.17, 15) is 4.79 Å². The second-order valence-electron chi connectivity index (χ2n) is 4.92. The van der Waals surface area contributed by atoms with Gasteiger partial charge in [-0.05, 0) is 25.3 Å². The Hall–Kier alpha value is -1.35. The van der Waals surface area contributed by atoms with Gasteiger partial charge in [-0.25, -0.2) is 0 Å². The topological polar surface area (TPSA) is 46.5 Å². The first kappa shape index (κ1) is 12.1. The number of carboxylic acid groups (broad SMARTS) is 1. The lowest BCUT2D eigenvalue weighted by atomic mass is 9.69. The third-order valence-electron chi connectivity index (χ3n) is 3.53. The van der Waals surface area contributed by atoms with E-state index in [0.29, 0.717) is 13.2 Å². The summed E-state index contributed by atoms with van der Waals surface area (Å²) in [4.78, 5) is 11.1. The third kappa shape index (κ3) is 2.67. The summed E-state index contributed by atoms with van der Waals surface area (Å²) in [6, 6.07) is 8.11. The molecule has 1 saturated carbocycles. The van der Waals surface area contributed by atoms with Gasteiger partial charge >= 0.3 is 5.97 Å². The lowest BCUT2D eigenvalue weighted by Crippen LogP contribution is -2.42. The molecule has 0 aromatic heterocycles. The van der Waals surface area contributed by atoms with Crippen LogP contribution in [0.15, 0.2) is 24.3 Å². The van der Waals surface area contributed by atoms with Gasteiger partial charge in [0, 0.05) is 0 Å². The zero-order chi connectivity index (χ0) is 12.3. The number of hydrogen-bond donors (Lipinski definition) is 1. The minimum atomic E-state index is -0.715. The van der Waals surface area contributed by atoms with Crippen LogP contribution in [-0.2, 0) is 16.1 Å². The van der Waals surface area contributed by atoms with Crippen molar-refractivity contribution in [2.24, 2.45) is 5.41 Å². The van der Waals surface area contributed by atoms with E-state index in [-0.39, 0.29) is 0 Å². The van der Waals surface area contributed by atoms with E-state index in [1.54, 1.807) is 0 Å². The highest BCUT2D eigenvalue weighted by atomic mass is 16.5. The van der Waals surface area contributed by atoms with Crippen molar-refractivity contribution in [3.63, 3.8) is 0 Å². The smallest absolute Gasteiger partial charge is 0.311 e. The van der Waals surface area contributed by atoms with Crippen LogP contribution in [0.2, 0.25) is 0 Å². The van der Waals surface area contributed by atoms with Gasteiger partial charge in [0.15, 0.2) is 0 Å². The molecule has 1 aromatic carbocycles. The third-order valence-corrected chi connectivity index (χ3v) is 3.53. The highest BCUT2D eigenvalue weighted by molar-refractivity contribution is 5.75. The first-order valence-electron chi connectivity index (χ1n) is 5.99. The normalized spacial score (nSPS) is 17.5. The number of aliphatic carboxylic acids is 1. The molecule has 92 valence electrons. The maximum Gasteiger partial charge on any atom is 0.311 e. The fraction of sp³-hybridized carbons (Fsp3) is 0.500. The standard InChI is InChI=1S/C14H18O3/c1-11-3-5-12(6-4-11)9-17-10-14(13(15)16)7-2-8-14/h3-6H,2,7-10H2,1H3,(H,15,16). The van der Waals surface area contributed by atoms with Crippen LogP contribution in [0, 0.1) is 12.3 Å². The van der Waals surface area contributed by atoms with Crippen molar-refractivity contribution in [3.05, 3.63) is 35.4 Å². The molecule has 1 aromatic rings. The molecule has 2 rings (SSSR count). The van der Waals surface area contributed by atoms with Crippen LogP contribution in [0.25, 0.3) is 0 Å². The van der Waals surface area contributed by atoms with Gasteiger partial charge in [0.05, 0.1) is 18.6 Å². The molecular weight excluding hydrogens is 216 g/mol. The summed E-state index contributed by atoms with van der Waals surface area (Å²) in [5.41, 5.74) is 1.70. The molecule has 0 radical (unpaired) electrons. The van der Waals surface area contributed by atoms with Gasteiger partial charge in [-0.2, -0.15) is 0 Å². The molecule has 0 saturated heterocycles. The average molecular weight is 234 g/mol. The van der Waals surface area contributed by atoms with Crippen LogP contribution in [0.3, 0.4) is 0 Å². The van der Waals surface area contributed by atoms with Crippen molar-refractivity contribution >= 4 is 5.97 Å². The van der Waals surface area contributed by atoms with E-state index in [4.69, 9.17) is 9.84 Å². The molecule has 1 N–H and O–H groups in total. The summed E-state index contributed by atoms with van der Waals surface area (Å²) < 4.78 is 5.55. The lowest BCUT2D eigenvalue weighted by Gasteiger charge is -2.37. The summed E-state index contributed by atoms with van der Waals surface area (Å²) in [7, 11) is 0. The van der Waals surface area contributed by atoms with Crippen molar-refractivity contribution in [2.75, 3.05) is 6.61 Å². The number of aryl methyl sites for hydroxylation is 1. The summed E-state index contributed by atoms with van der Waals surface area (Å²) >= 11 is 0. The monoisotopic (exact) mass is 234 g/mol. The number of carboxylic acids is 1. The van der Waals surface area contributed by atoms with E-state index in [0.717, 1.165) is 24.8 Å². The molecule has 1 aliphatic rings. The van der Waals surface area contributed by atoms with Gasteiger partial charge in [0.25, 0.3) is 0 Å². The SMILES string of the molecule is Cc1ccc(COCC2(C(=O)O)CCC2)cc1. The summed E-state index contributed by atoms with van der Waals surface area (Å²) in [6.07, 6.45) is 2.49. The van der Waals surface area contributed by atoms with E-state index < -0.39 is 11.4 Å². The number of rotatable bonds is 5. The van der Waals surface area contributed by atoms with Crippen LogP contribution in [-0.4, -0.2) is 17.7 Å². The fourth-order valence-corrected chi connectivity index (χ4v) is 2.07. The Balaban J connectivity index is 1.83. The van der Waals surface area contributed by atoms with E-state index in [1.165, 1.54) is 5.56 Å². The van der Waals surface area contributed by atoms with Gasteiger partial charge in [-0.3, -0.25) is 4.79 Å². The van der Waals surface area contributed by atoms with Crippen LogP contribution < -0.4 is 0 Å². The molecule has 0 heterocycles. The second-order valence-corrected chi connectivity index (χ2v) is 4.92. The van der Waals surface area contributed by atoms with E-state index in [1.807, 2.05) is 31.2 Å². The molecule has 3 nitrogen and oxygen atoms in total. The Kier molecular flexibility index (Phi) is 3.48. The predicted molar refractivity (Wildman–Crippen MR) is 64.8 cm³/mol. The minimum Gasteiger partial charge on any atom is -0.481 e. The Morgan fingerprint density at radius 2 is 2.00 bits per heavy atom. The molecule has 1 aliphatic carbocycles. The van der Waals surface area contributed by atoms with Gasteiger partial charge in [-0.1, -0.05) is 36.2 Å². The highest BCUT2D eigenvalue weighted by Gasteiger charge is 2.44. The van der Waals surface area contributed by atoms with Crippen molar-refractivity contribution < 1.29 is 14.6 Å². The summed E-state index contributed by atoms with van der Waals surface area (Å²) in [5.74, 6) is -0.715. The lowest BCUT2D eigenvalue weighted by molar-refractivity contribution is -0.160. The number of hydrogen-bond acceptors (Lipinski definition) is 2. The second kappa shape index (κ2) is 4.88. The van der Waals surface area contributed by atoms with Gasteiger partial charge in [0.1, 0.15) is 0 Å². The largest absolute Gasteiger partial charge is 0.481 e.